The van der Waals surface area contributed by atoms with Crippen LogP contribution in [0.25, 0.3) is 10.9 Å². The second-order valence-electron chi connectivity index (χ2n) is 5.44. The van der Waals surface area contributed by atoms with Gasteiger partial charge in [-0.25, -0.2) is 4.98 Å². The Morgan fingerprint density at radius 1 is 1.17 bits per heavy atom. The molecular weight excluding hydrogens is 298 g/mol. The van der Waals surface area contributed by atoms with Crippen LogP contribution in [0.3, 0.4) is 0 Å². The molecule has 7 nitrogen and oxygen atoms in total. The van der Waals surface area contributed by atoms with E-state index in [2.05, 4.69) is 4.98 Å². The van der Waals surface area contributed by atoms with Crippen LogP contribution in [0.5, 0.6) is 0 Å². The lowest BCUT2D eigenvalue weighted by Crippen LogP contribution is -2.33. The normalized spacial score (nSPS) is 14.2. The average Bonchev–Trinajstić information content (AvgIpc) is 3.10. The van der Waals surface area contributed by atoms with E-state index in [1.54, 1.807) is 29.2 Å². The van der Waals surface area contributed by atoms with Gasteiger partial charge in [-0.2, -0.15) is 0 Å². The standard InChI is InChI=1S/C16H17N3O4/c20-14(18-7-3-4-8-18)10-23-15(21)9-19-11-17-13-6-2-1-5-12(13)16(19)22/h1-2,5-6,11H,3-4,7-10H2. The highest BCUT2D eigenvalue weighted by molar-refractivity contribution is 5.81. The molecule has 23 heavy (non-hydrogen) atoms. The summed E-state index contributed by atoms with van der Waals surface area (Å²) < 4.78 is 6.16. The number of hydrogen-bond acceptors (Lipinski definition) is 5. The highest BCUT2D eigenvalue weighted by Crippen LogP contribution is 2.07. The van der Waals surface area contributed by atoms with E-state index in [0.717, 1.165) is 12.8 Å². The topological polar surface area (TPSA) is 81.5 Å². The van der Waals surface area contributed by atoms with E-state index < -0.39 is 5.97 Å². The Morgan fingerprint density at radius 3 is 2.70 bits per heavy atom. The van der Waals surface area contributed by atoms with Gasteiger partial charge in [-0.15, -0.1) is 0 Å². The third kappa shape index (κ3) is 3.39. The van der Waals surface area contributed by atoms with Gasteiger partial charge in [0.15, 0.2) is 6.61 Å². The highest BCUT2D eigenvalue weighted by Gasteiger charge is 2.19. The van der Waals surface area contributed by atoms with Crippen LogP contribution in [-0.4, -0.2) is 46.0 Å². The van der Waals surface area contributed by atoms with Crippen LogP contribution in [0.15, 0.2) is 35.4 Å². The number of rotatable bonds is 4. The van der Waals surface area contributed by atoms with Crippen LogP contribution in [-0.2, 0) is 20.9 Å². The summed E-state index contributed by atoms with van der Waals surface area (Å²) in [5.41, 5.74) is 0.268. The number of nitrogens with zero attached hydrogens (tertiary/aromatic N) is 3. The average molecular weight is 315 g/mol. The second-order valence-corrected chi connectivity index (χ2v) is 5.44. The Bertz CT molecular complexity index is 793. The molecule has 7 heteroatoms. The minimum absolute atomic E-state index is 0.195. The van der Waals surface area contributed by atoms with Crippen molar-refractivity contribution in [3.63, 3.8) is 0 Å². The van der Waals surface area contributed by atoms with E-state index in [1.807, 2.05) is 0 Å². The van der Waals surface area contributed by atoms with Crippen molar-refractivity contribution in [3.8, 4) is 0 Å². The van der Waals surface area contributed by atoms with E-state index in [4.69, 9.17) is 4.74 Å². The molecule has 0 bridgehead atoms. The fourth-order valence-corrected chi connectivity index (χ4v) is 2.60. The summed E-state index contributed by atoms with van der Waals surface area (Å²) in [6.07, 6.45) is 3.28. The minimum atomic E-state index is -0.628. The zero-order valence-corrected chi connectivity index (χ0v) is 12.6. The monoisotopic (exact) mass is 315 g/mol. The summed E-state index contributed by atoms with van der Waals surface area (Å²) in [5, 5.41) is 0.441. The Labute approximate surface area is 132 Å². The smallest absolute Gasteiger partial charge is 0.326 e. The summed E-state index contributed by atoms with van der Waals surface area (Å²) in [4.78, 5) is 41.7. The molecular formula is C16H17N3O4. The molecule has 1 aliphatic rings. The first-order valence-corrected chi connectivity index (χ1v) is 7.53. The number of amides is 1. The molecule has 3 rings (SSSR count). The number of hydrogen-bond donors (Lipinski definition) is 0. The Hall–Kier alpha value is -2.70. The van der Waals surface area contributed by atoms with Crippen molar-refractivity contribution in [3.05, 3.63) is 40.9 Å². The summed E-state index contributed by atoms with van der Waals surface area (Å²) in [6.45, 7) is 0.882. The number of likely N-dealkylation sites (tertiary alicyclic amines) is 1. The van der Waals surface area contributed by atoms with Gasteiger partial charge in [0.05, 0.1) is 17.2 Å². The molecule has 0 unspecified atom stereocenters. The first-order chi connectivity index (χ1) is 11.1. The molecule has 120 valence electrons. The number of fused-ring (bicyclic) bond motifs is 1. The number of esters is 1. The van der Waals surface area contributed by atoms with Crippen LogP contribution in [0.1, 0.15) is 12.8 Å². The Morgan fingerprint density at radius 2 is 1.91 bits per heavy atom. The number of carbonyl (C=O) groups is 2. The van der Waals surface area contributed by atoms with Crippen LogP contribution >= 0.6 is 0 Å². The van der Waals surface area contributed by atoms with Crippen LogP contribution in [0, 0.1) is 0 Å². The van der Waals surface area contributed by atoms with Crippen molar-refractivity contribution in [1.82, 2.24) is 14.5 Å². The largest absolute Gasteiger partial charge is 0.454 e. The van der Waals surface area contributed by atoms with Crippen molar-refractivity contribution < 1.29 is 14.3 Å². The zero-order chi connectivity index (χ0) is 16.2. The molecule has 1 fully saturated rings. The van der Waals surface area contributed by atoms with Gasteiger partial charge >= 0.3 is 5.97 Å². The van der Waals surface area contributed by atoms with Crippen molar-refractivity contribution in [2.24, 2.45) is 0 Å². The summed E-state index contributed by atoms with van der Waals surface area (Å²) in [5.74, 6) is -0.823. The molecule has 0 radical (unpaired) electrons. The van der Waals surface area contributed by atoms with Crippen molar-refractivity contribution in [1.29, 1.82) is 0 Å². The lowest BCUT2D eigenvalue weighted by molar-refractivity contribution is -0.152. The third-order valence-electron chi connectivity index (χ3n) is 3.85. The molecule has 2 aromatic rings. The van der Waals surface area contributed by atoms with E-state index in [0.29, 0.717) is 24.0 Å². The molecule has 0 atom stereocenters. The first kappa shape index (κ1) is 15.2. The highest BCUT2D eigenvalue weighted by atomic mass is 16.5. The predicted molar refractivity (Wildman–Crippen MR) is 82.8 cm³/mol. The summed E-state index contributed by atoms with van der Waals surface area (Å²) >= 11 is 0. The maximum Gasteiger partial charge on any atom is 0.326 e. The molecule has 0 spiro atoms. The van der Waals surface area contributed by atoms with Crippen molar-refractivity contribution in [2.75, 3.05) is 19.7 Å². The third-order valence-corrected chi connectivity index (χ3v) is 3.85. The molecule has 2 heterocycles. The number of carbonyl (C=O) groups excluding carboxylic acids is 2. The van der Waals surface area contributed by atoms with Gasteiger partial charge in [-0.1, -0.05) is 12.1 Å². The SMILES string of the molecule is O=C(Cn1cnc2ccccc2c1=O)OCC(=O)N1CCCC1. The molecule has 1 aliphatic heterocycles. The quantitative estimate of drug-likeness (QED) is 0.770. The van der Waals surface area contributed by atoms with E-state index in [1.165, 1.54) is 10.9 Å². The molecule has 0 aliphatic carbocycles. The van der Waals surface area contributed by atoms with Gasteiger partial charge in [0.2, 0.25) is 0 Å². The summed E-state index contributed by atoms with van der Waals surface area (Å²) in [6, 6.07) is 6.91. The molecule has 1 aromatic heterocycles. The van der Waals surface area contributed by atoms with E-state index >= 15 is 0 Å². The van der Waals surface area contributed by atoms with Gasteiger partial charge in [0.1, 0.15) is 6.54 Å². The second kappa shape index (κ2) is 6.60. The molecule has 0 N–H and O–H groups in total. The lowest BCUT2D eigenvalue weighted by Gasteiger charge is -2.15. The number of aromatic nitrogens is 2. The van der Waals surface area contributed by atoms with Gasteiger partial charge in [-0.05, 0) is 25.0 Å². The van der Waals surface area contributed by atoms with Crippen LogP contribution < -0.4 is 5.56 Å². The van der Waals surface area contributed by atoms with Gasteiger partial charge in [0, 0.05) is 13.1 Å². The first-order valence-electron chi connectivity index (χ1n) is 7.53. The minimum Gasteiger partial charge on any atom is -0.454 e. The lowest BCUT2D eigenvalue weighted by atomic mass is 10.2. The van der Waals surface area contributed by atoms with Gasteiger partial charge in [0.25, 0.3) is 11.5 Å². The van der Waals surface area contributed by atoms with Crippen molar-refractivity contribution in [2.45, 2.75) is 19.4 Å². The van der Waals surface area contributed by atoms with E-state index in [9.17, 15) is 14.4 Å². The number of benzene rings is 1. The molecule has 1 aromatic carbocycles. The summed E-state index contributed by atoms with van der Waals surface area (Å²) in [7, 11) is 0. The predicted octanol–water partition coefficient (Wildman–Crippen LogP) is 0.562. The fourth-order valence-electron chi connectivity index (χ4n) is 2.60. The zero-order valence-electron chi connectivity index (χ0n) is 12.6. The van der Waals surface area contributed by atoms with E-state index in [-0.39, 0.29) is 24.6 Å². The fraction of sp³-hybridized carbons (Fsp3) is 0.375. The van der Waals surface area contributed by atoms with Gasteiger partial charge in [-0.3, -0.25) is 19.0 Å². The van der Waals surface area contributed by atoms with Crippen LogP contribution in [0.2, 0.25) is 0 Å². The van der Waals surface area contributed by atoms with Gasteiger partial charge < -0.3 is 9.64 Å². The number of para-hydroxylation sites is 1. The molecule has 1 saturated heterocycles. The van der Waals surface area contributed by atoms with Crippen LogP contribution in [0.4, 0.5) is 0 Å². The number of ether oxygens (including phenoxy) is 1. The Kier molecular flexibility index (Phi) is 4.36. The maximum absolute atomic E-state index is 12.3. The maximum atomic E-state index is 12.3. The Balaban J connectivity index is 1.62. The van der Waals surface area contributed by atoms with Crippen molar-refractivity contribution >= 4 is 22.8 Å². The molecule has 0 saturated carbocycles. The molecule has 1 amide bonds.